The molecule has 0 aliphatic heterocycles. The molecular formula is C18H19Cl3N2O. The highest BCUT2D eigenvalue weighted by atomic mass is 35.5. The van der Waals surface area contributed by atoms with Crippen LogP contribution in [0.1, 0.15) is 16.7 Å². The van der Waals surface area contributed by atoms with Gasteiger partial charge in [0, 0.05) is 16.6 Å². The lowest BCUT2D eigenvalue weighted by molar-refractivity contribution is -0.117. The Bertz CT molecular complexity index is 739. The van der Waals surface area contributed by atoms with E-state index in [0.29, 0.717) is 27.3 Å². The summed E-state index contributed by atoms with van der Waals surface area (Å²) in [5, 5.41) is 4.61. The molecule has 2 aromatic rings. The van der Waals surface area contributed by atoms with Gasteiger partial charge < -0.3 is 5.32 Å². The molecule has 0 heterocycles. The third-order valence-electron chi connectivity index (χ3n) is 3.57. The van der Waals surface area contributed by atoms with Gasteiger partial charge in [-0.1, -0.05) is 46.9 Å². The molecule has 6 heteroatoms. The van der Waals surface area contributed by atoms with E-state index in [9.17, 15) is 4.79 Å². The number of halogens is 3. The fourth-order valence-electron chi connectivity index (χ4n) is 2.49. The summed E-state index contributed by atoms with van der Waals surface area (Å²) in [4.78, 5) is 14.2. The fourth-order valence-corrected chi connectivity index (χ4v) is 3.33. The highest BCUT2D eigenvalue weighted by molar-refractivity contribution is 6.35. The second-order valence-corrected chi connectivity index (χ2v) is 7.15. The Kier molecular flexibility index (Phi) is 6.53. The summed E-state index contributed by atoms with van der Waals surface area (Å²) in [5.41, 5.74) is 3.58. The SMILES string of the molecule is Cc1cc(C)c(NC(=O)CN(C)Cc2ccc(Cl)cc2Cl)c(Cl)c1. The van der Waals surface area contributed by atoms with Crippen molar-refractivity contribution in [1.29, 1.82) is 0 Å². The second-order valence-electron chi connectivity index (χ2n) is 5.89. The van der Waals surface area contributed by atoms with E-state index >= 15 is 0 Å². The Balaban J connectivity index is 1.99. The van der Waals surface area contributed by atoms with Crippen LogP contribution in [0.25, 0.3) is 0 Å². The summed E-state index contributed by atoms with van der Waals surface area (Å²) in [6, 6.07) is 9.16. The molecule has 0 fully saturated rings. The summed E-state index contributed by atoms with van der Waals surface area (Å²) in [5.74, 6) is -0.128. The molecule has 2 rings (SSSR count). The minimum atomic E-state index is -0.128. The van der Waals surface area contributed by atoms with Gasteiger partial charge in [0.1, 0.15) is 0 Å². The molecule has 1 N–H and O–H groups in total. The summed E-state index contributed by atoms with van der Waals surface area (Å²) in [6.45, 7) is 4.66. The Morgan fingerprint density at radius 3 is 2.42 bits per heavy atom. The fraction of sp³-hybridized carbons (Fsp3) is 0.278. The molecule has 1 amide bonds. The molecule has 0 unspecified atom stereocenters. The Hall–Kier alpha value is -1.26. The topological polar surface area (TPSA) is 32.3 Å². The minimum Gasteiger partial charge on any atom is -0.323 e. The summed E-state index contributed by atoms with van der Waals surface area (Å²) < 4.78 is 0. The Labute approximate surface area is 157 Å². The van der Waals surface area contributed by atoms with E-state index in [1.165, 1.54) is 0 Å². The van der Waals surface area contributed by atoms with Crippen LogP contribution in [0.15, 0.2) is 30.3 Å². The average Bonchev–Trinajstić information content (AvgIpc) is 2.45. The first kappa shape index (κ1) is 19.1. The lowest BCUT2D eigenvalue weighted by atomic mass is 10.1. The van der Waals surface area contributed by atoms with E-state index in [-0.39, 0.29) is 12.5 Å². The first-order valence-corrected chi connectivity index (χ1v) is 8.58. The van der Waals surface area contributed by atoms with Gasteiger partial charge in [0.25, 0.3) is 0 Å². The number of likely N-dealkylation sites (N-methyl/N-ethyl adjacent to an activating group) is 1. The molecule has 0 atom stereocenters. The smallest absolute Gasteiger partial charge is 0.238 e. The Morgan fingerprint density at radius 2 is 1.79 bits per heavy atom. The number of amides is 1. The van der Waals surface area contributed by atoms with Crippen molar-refractivity contribution >= 4 is 46.4 Å². The predicted octanol–water partition coefficient (Wildman–Crippen LogP) is 5.33. The van der Waals surface area contributed by atoms with Gasteiger partial charge in [-0.05, 0) is 55.8 Å². The number of carbonyl (C=O) groups is 1. The average molecular weight is 386 g/mol. The van der Waals surface area contributed by atoms with Crippen LogP contribution >= 0.6 is 34.8 Å². The van der Waals surface area contributed by atoms with E-state index in [1.807, 2.05) is 44.0 Å². The van der Waals surface area contributed by atoms with Crippen molar-refractivity contribution in [1.82, 2.24) is 4.90 Å². The molecule has 0 aliphatic rings. The number of anilines is 1. The summed E-state index contributed by atoms with van der Waals surface area (Å²) in [7, 11) is 1.86. The van der Waals surface area contributed by atoms with Crippen LogP contribution in [0.5, 0.6) is 0 Å². The van der Waals surface area contributed by atoms with Crippen molar-refractivity contribution in [2.75, 3.05) is 18.9 Å². The van der Waals surface area contributed by atoms with Crippen molar-refractivity contribution < 1.29 is 4.79 Å². The van der Waals surface area contributed by atoms with Gasteiger partial charge in [-0.2, -0.15) is 0 Å². The van der Waals surface area contributed by atoms with Crippen LogP contribution in [0, 0.1) is 13.8 Å². The van der Waals surface area contributed by atoms with Gasteiger partial charge in [0.05, 0.1) is 17.3 Å². The van der Waals surface area contributed by atoms with Crippen LogP contribution in [0.4, 0.5) is 5.69 Å². The summed E-state index contributed by atoms with van der Waals surface area (Å²) >= 11 is 18.3. The molecule has 2 aromatic carbocycles. The predicted molar refractivity (Wildman–Crippen MR) is 102 cm³/mol. The number of aryl methyl sites for hydroxylation is 2. The molecule has 0 bridgehead atoms. The van der Waals surface area contributed by atoms with Crippen molar-refractivity contribution in [3.63, 3.8) is 0 Å². The standard InChI is InChI=1S/C18H19Cl3N2O/c1-11-6-12(2)18(16(21)7-11)22-17(24)10-23(3)9-13-4-5-14(19)8-15(13)20/h4-8H,9-10H2,1-3H3,(H,22,24). The van der Waals surface area contributed by atoms with E-state index < -0.39 is 0 Å². The number of hydrogen-bond donors (Lipinski definition) is 1. The van der Waals surface area contributed by atoms with E-state index in [4.69, 9.17) is 34.8 Å². The van der Waals surface area contributed by atoms with E-state index in [0.717, 1.165) is 16.7 Å². The minimum absolute atomic E-state index is 0.128. The van der Waals surface area contributed by atoms with Gasteiger partial charge in [-0.3, -0.25) is 9.69 Å². The molecule has 0 saturated carbocycles. The van der Waals surface area contributed by atoms with Crippen molar-refractivity contribution in [3.8, 4) is 0 Å². The van der Waals surface area contributed by atoms with E-state index in [2.05, 4.69) is 5.32 Å². The van der Waals surface area contributed by atoms with Crippen LogP contribution in [0.3, 0.4) is 0 Å². The lowest BCUT2D eigenvalue weighted by Crippen LogP contribution is -2.30. The monoisotopic (exact) mass is 384 g/mol. The molecule has 0 spiro atoms. The zero-order valence-corrected chi connectivity index (χ0v) is 16.1. The van der Waals surface area contributed by atoms with Crippen LogP contribution in [0.2, 0.25) is 15.1 Å². The van der Waals surface area contributed by atoms with Gasteiger partial charge in [-0.25, -0.2) is 0 Å². The third kappa shape index (κ3) is 5.12. The first-order chi connectivity index (χ1) is 11.3. The number of nitrogens with zero attached hydrogens (tertiary/aromatic N) is 1. The van der Waals surface area contributed by atoms with Crippen molar-refractivity contribution in [2.45, 2.75) is 20.4 Å². The summed E-state index contributed by atoms with van der Waals surface area (Å²) in [6.07, 6.45) is 0. The quantitative estimate of drug-likeness (QED) is 0.754. The lowest BCUT2D eigenvalue weighted by Gasteiger charge is -2.18. The zero-order valence-electron chi connectivity index (χ0n) is 13.8. The van der Waals surface area contributed by atoms with Gasteiger partial charge >= 0.3 is 0 Å². The molecule has 0 radical (unpaired) electrons. The maximum atomic E-state index is 12.3. The third-order valence-corrected chi connectivity index (χ3v) is 4.45. The van der Waals surface area contributed by atoms with Crippen LogP contribution in [-0.4, -0.2) is 24.4 Å². The van der Waals surface area contributed by atoms with Crippen molar-refractivity contribution in [2.24, 2.45) is 0 Å². The van der Waals surface area contributed by atoms with E-state index in [1.54, 1.807) is 12.1 Å². The molecule has 24 heavy (non-hydrogen) atoms. The highest BCUT2D eigenvalue weighted by Gasteiger charge is 2.13. The molecule has 0 saturated heterocycles. The van der Waals surface area contributed by atoms with Crippen molar-refractivity contribution in [3.05, 3.63) is 62.1 Å². The number of benzene rings is 2. The number of hydrogen-bond acceptors (Lipinski definition) is 2. The normalized spacial score (nSPS) is 11.0. The molecular weight excluding hydrogens is 367 g/mol. The largest absolute Gasteiger partial charge is 0.323 e. The zero-order chi connectivity index (χ0) is 17.9. The highest BCUT2D eigenvalue weighted by Crippen LogP contribution is 2.27. The van der Waals surface area contributed by atoms with Crippen LogP contribution in [-0.2, 0) is 11.3 Å². The Morgan fingerprint density at radius 1 is 1.08 bits per heavy atom. The number of rotatable bonds is 5. The van der Waals surface area contributed by atoms with Crippen LogP contribution < -0.4 is 5.32 Å². The molecule has 3 nitrogen and oxygen atoms in total. The molecule has 0 aromatic heterocycles. The maximum Gasteiger partial charge on any atom is 0.238 e. The van der Waals surface area contributed by atoms with Gasteiger partial charge in [-0.15, -0.1) is 0 Å². The first-order valence-electron chi connectivity index (χ1n) is 7.45. The van der Waals surface area contributed by atoms with Gasteiger partial charge in [0.15, 0.2) is 0 Å². The second kappa shape index (κ2) is 8.21. The molecule has 128 valence electrons. The maximum absolute atomic E-state index is 12.3. The number of nitrogens with one attached hydrogen (secondary N) is 1. The van der Waals surface area contributed by atoms with Gasteiger partial charge in [0.2, 0.25) is 5.91 Å². The number of carbonyl (C=O) groups excluding carboxylic acids is 1. The molecule has 0 aliphatic carbocycles.